The van der Waals surface area contributed by atoms with E-state index in [1.54, 1.807) is 36.3 Å². The van der Waals surface area contributed by atoms with Gasteiger partial charge in [0.25, 0.3) is 11.8 Å². The summed E-state index contributed by atoms with van der Waals surface area (Å²) in [6, 6.07) is 6.65. The predicted octanol–water partition coefficient (Wildman–Crippen LogP) is 0.818. The molecule has 2 rings (SSSR count). The number of ether oxygens (including phenoxy) is 3. The summed E-state index contributed by atoms with van der Waals surface area (Å²) >= 11 is 0. The molecular formula is C17H24N2O5. The van der Waals surface area contributed by atoms with Gasteiger partial charge in [-0.1, -0.05) is 0 Å². The van der Waals surface area contributed by atoms with E-state index < -0.39 is 5.91 Å². The summed E-state index contributed by atoms with van der Waals surface area (Å²) in [6.07, 6.45) is 2.09. The van der Waals surface area contributed by atoms with Crippen LogP contribution in [0.4, 0.5) is 0 Å². The molecule has 0 radical (unpaired) electrons. The van der Waals surface area contributed by atoms with Crippen LogP contribution in [-0.4, -0.2) is 62.8 Å². The summed E-state index contributed by atoms with van der Waals surface area (Å²) in [4.78, 5) is 25.2. The van der Waals surface area contributed by atoms with Crippen LogP contribution in [-0.2, 0) is 14.3 Å². The van der Waals surface area contributed by atoms with Crippen molar-refractivity contribution in [2.75, 3.05) is 40.0 Å². The van der Waals surface area contributed by atoms with Gasteiger partial charge >= 0.3 is 0 Å². The van der Waals surface area contributed by atoms with Crippen LogP contribution < -0.4 is 10.5 Å². The summed E-state index contributed by atoms with van der Waals surface area (Å²) in [7, 11) is 1.61. The molecule has 7 heteroatoms. The number of carbonyl (C=O) groups is 2. The van der Waals surface area contributed by atoms with Crippen LogP contribution in [0.25, 0.3) is 0 Å². The van der Waals surface area contributed by atoms with Crippen molar-refractivity contribution in [1.82, 2.24) is 4.90 Å². The minimum Gasteiger partial charge on any atom is -0.484 e. The Kier molecular flexibility index (Phi) is 7.02. The van der Waals surface area contributed by atoms with E-state index in [0.29, 0.717) is 31.0 Å². The molecule has 0 saturated carbocycles. The summed E-state index contributed by atoms with van der Waals surface area (Å²) in [6.45, 7) is 2.10. The van der Waals surface area contributed by atoms with E-state index >= 15 is 0 Å². The van der Waals surface area contributed by atoms with Crippen molar-refractivity contribution in [3.8, 4) is 5.75 Å². The van der Waals surface area contributed by atoms with Crippen molar-refractivity contribution in [3.63, 3.8) is 0 Å². The van der Waals surface area contributed by atoms with E-state index in [9.17, 15) is 9.59 Å². The van der Waals surface area contributed by atoms with Gasteiger partial charge in [-0.15, -0.1) is 0 Å². The fourth-order valence-electron chi connectivity index (χ4n) is 2.54. The lowest BCUT2D eigenvalue weighted by Gasteiger charge is -2.25. The van der Waals surface area contributed by atoms with Crippen LogP contribution in [0.5, 0.6) is 5.75 Å². The number of methoxy groups -OCH3 is 1. The first-order chi connectivity index (χ1) is 11.6. The summed E-state index contributed by atoms with van der Waals surface area (Å²) < 4.78 is 15.9. The number of amides is 2. The molecule has 0 bridgehead atoms. The average molecular weight is 336 g/mol. The summed E-state index contributed by atoms with van der Waals surface area (Å²) in [5.74, 6) is -0.130. The lowest BCUT2D eigenvalue weighted by Crippen LogP contribution is -2.39. The fourth-order valence-corrected chi connectivity index (χ4v) is 2.54. The maximum Gasteiger partial charge on any atom is 0.255 e. The zero-order valence-electron chi connectivity index (χ0n) is 13.9. The molecule has 1 unspecified atom stereocenters. The zero-order valence-corrected chi connectivity index (χ0v) is 13.9. The van der Waals surface area contributed by atoms with Gasteiger partial charge in [0.15, 0.2) is 6.61 Å². The molecule has 24 heavy (non-hydrogen) atoms. The van der Waals surface area contributed by atoms with Gasteiger partial charge in [-0.05, 0) is 37.1 Å². The summed E-state index contributed by atoms with van der Waals surface area (Å²) in [5.41, 5.74) is 5.59. The van der Waals surface area contributed by atoms with Gasteiger partial charge in [-0.25, -0.2) is 0 Å². The standard InChI is InChI=1S/C17H24N2O5/c1-22-10-8-19(11-15-3-2-9-23-15)17(21)13-4-6-14(7-5-13)24-12-16(18)20/h4-7,15H,2-3,8-12H2,1H3,(H2,18,20). The molecule has 1 aromatic carbocycles. The number of nitrogens with zero attached hydrogens (tertiary/aromatic N) is 1. The van der Waals surface area contributed by atoms with Gasteiger partial charge in [0.1, 0.15) is 5.75 Å². The number of hydrogen-bond acceptors (Lipinski definition) is 5. The highest BCUT2D eigenvalue weighted by Crippen LogP contribution is 2.17. The molecule has 1 atom stereocenters. The average Bonchev–Trinajstić information content (AvgIpc) is 3.09. The third-order valence-corrected chi connectivity index (χ3v) is 3.78. The summed E-state index contributed by atoms with van der Waals surface area (Å²) in [5, 5.41) is 0. The first kappa shape index (κ1) is 18.2. The van der Waals surface area contributed by atoms with E-state index in [4.69, 9.17) is 19.9 Å². The van der Waals surface area contributed by atoms with Gasteiger partial charge < -0.3 is 24.8 Å². The molecule has 1 saturated heterocycles. The molecule has 132 valence electrons. The minimum atomic E-state index is -0.544. The second-order valence-corrected chi connectivity index (χ2v) is 5.66. The molecule has 7 nitrogen and oxygen atoms in total. The van der Waals surface area contributed by atoms with E-state index in [1.807, 2.05) is 0 Å². The third kappa shape index (κ3) is 5.50. The molecule has 1 heterocycles. The van der Waals surface area contributed by atoms with Crippen LogP contribution in [0.1, 0.15) is 23.2 Å². The molecule has 2 N–H and O–H groups in total. The van der Waals surface area contributed by atoms with Gasteiger partial charge in [0.05, 0.1) is 12.7 Å². The molecule has 1 aromatic rings. The predicted molar refractivity (Wildman–Crippen MR) is 87.9 cm³/mol. The number of primary amides is 1. The molecule has 1 aliphatic heterocycles. The minimum absolute atomic E-state index is 0.0796. The topological polar surface area (TPSA) is 91.1 Å². The van der Waals surface area contributed by atoms with E-state index in [0.717, 1.165) is 19.4 Å². The van der Waals surface area contributed by atoms with Crippen LogP contribution in [0.15, 0.2) is 24.3 Å². The SMILES string of the molecule is COCCN(CC1CCCO1)C(=O)c1ccc(OCC(N)=O)cc1. The van der Waals surface area contributed by atoms with Crippen molar-refractivity contribution in [2.24, 2.45) is 5.73 Å². The van der Waals surface area contributed by atoms with Gasteiger partial charge in [-0.2, -0.15) is 0 Å². The maximum atomic E-state index is 12.7. The van der Waals surface area contributed by atoms with Crippen LogP contribution >= 0.6 is 0 Å². The van der Waals surface area contributed by atoms with Crippen molar-refractivity contribution < 1.29 is 23.8 Å². The highest BCUT2D eigenvalue weighted by atomic mass is 16.5. The smallest absolute Gasteiger partial charge is 0.255 e. The van der Waals surface area contributed by atoms with E-state index in [-0.39, 0.29) is 18.6 Å². The third-order valence-electron chi connectivity index (χ3n) is 3.78. The van der Waals surface area contributed by atoms with Gasteiger partial charge in [0.2, 0.25) is 0 Å². The van der Waals surface area contributed by atoms with E-state index in [1.165, 1.54) is 0 Å². The van der Waals surface area contributed by atoms with Crippen molar-refractivity contribution in [3.05, 3.63) is 29.8 Å². The molecule has 2 amide bonds. The zero-order chi connectivity index (χ0) is 17.4. The Bertz CT molecular complexity index is 540. The lowest BCUT2D eigenvalue weighted by molar-refractivity contribution is -0.119. The van der Waals surface area contributed by atoms with Gasteiger partial charge in [-0.3, -0.25) is 9.59 Å². The first-order valence-electron chi connectivity index (χ1n) is 8.01. The Balaban J connectivity index is 1.99. The Morgan fingerprint density at radius 1 is 1.33 bits per heavy atom. The van der Waals surface area contributed by atoms with Gasteiger partial charge in [0, 0.05) is 32.4 Å². The number of rotatable bonds is 9. The second-order valence-electron chi connectivity index (χ2n) is 5.66. The highest BCUT2D eigenvalue weighted by Gasteiger charge is 2.23. The largest absolute Gasteiger partial charge is 0.484 e. The Labute approximate surface area is 141 Å². The second kappa shape index (κ2) is 9.24. The maximum absolute atomic E-state index is 12.7. The molecule has 0 aromatic heterocycles. The molecule has 1 aliphatic rings. The Morgan fingerprint density at radius 3 is 2.67 bits per heavy atom. The quantitative estimate of drug-likeness (QED) is 0.721. The van der Waals surface area contributed by atoms with E-state index in [2.05, 4.69) is 0 Å². The van der Waals surface area contributed by atoms with Crippen molar-refractivity contribution in [2.45, 2.75) is 18.9 Å². The number of nitrogens with two attached hydrogens (primary N) is 1. The van der Waals surface area contributed by atoms with Crippen molar-refractivity contribution in [1.29, 1.82) is 0 Å². The number of hydrogen-bond donors (Lipinski definition) is 1. The van der Waals surface area contributed by atoms with Crippen LogP contribution in [0, 0.1) is 0 Å². The monoisotopic (exact) mass is 336 g/mol. The highest BCUT2D eigenvalue weighted by molar-refractivity contribution is 5.94. The Morgan fingerprint density at radius 2 is 2.08 bits per heavy atom. The first-order valence-corrected chi connectivity index (χ1v) is 8.01. The van der Waals surface area contributed by atoms with Crippen LogP contribution in [0.3, 0.4) is 0 Å². The van der Waals surface area contributed by atoms with Crippen LogP contribution in [0.2, 0.25) is 0 Å². The normalized spacial score (nSPS) is 16.8. The molecular weight excluding hydrogens is 312 g/mol. The molecule has 0 aliphatic carbocycles. The molecule has 0 spiro atoms. The lowest BCUT2D eigenvalue weighted by atomic mass is 10.1. The molecule has 1 fully saturated rings. The fraction of sp³-hybridized carbons (Fsp3) is 0.529. The number of benzene rings is 1. The number of carbonyl (C=O) groups excluding carboxylic acids is 2. The Hall–Kier alpha value is -2.12. The van der Waals surface area contributed by atoms with Crippen molar-refractivity contribution >= 4 is 11.8 Å².